The second-order valence-corrected chi connectivity index (χ2v) is 4.82. The Hall–Kier alpha value is -0.530. The summed E-state index contributed by atoms with van der Waals surface area (Å²) in [6.45, 7) is 3.84. The highest BCUT2D eigenvalue weighted by Gasteiger charge is 2.52. The van der Waals surface area contributed by atoms with E-state index in [1.807, 2.05) is 13.8 Å². The molecule has 1 heterocycles. The van der Waals surface area contributed by atoms with Crippen molar-refractivity contribution in [1.29, 1.82) is 0 Å². The molecule has 1 rings (SSSR count). The Morgan fingerprint density at radius 1 is 1.28 bits per heavy atom. The van der Waals surface area contributed by atoms with Crippen LogP contribution in [-0.2, 0) is 4.79 Å². The summed E-state index contributed by atoms with van der Waals surface area (Å²) in [6, 6.07) is -0.488. The van der Waals surface area contributed by atoms with Crippen molar-refractivity contribution in [2.24, 2.45) is 0 Å². The zero-order valence-electron chi connectivity index (χ0n) is 12.0. The van der Waals surface area contributed by atoms with E-state index in [4.69, 9.17) is 0 Å². The molecule has 1 aliphatic heterocycles. The minimum absolute atomic E-state index is 0.0667. The maximum atomic E-state index is 12.8. The van der Waals surface area contributed by atoms with E-state index in [2.05, 4.69) is 16.0 Å². The number of carbonyl (C=O) groups excluding carboxylic acids is 1. The van der Waals surface area contributed by atoms with Crippen molar-refractivity contribution in [3.05, 3.63) is 5.21 Å². The predicted molar refractivity (Wildman–Crippen MR) is 71.8 cm³/mol. The molecule has 3 unspecified atom stereocenters. The minimum atomic E-state index is -0.900. The summed E-state index contributed by atoms with van der Waals surface area (Å²) in [5.74, 6) is 0.0667. The van der Waals surface area contributed by atoms with Crippen LogP contribution in [0.3, 0.4) is 0 Å². The van der Waals surface area contributed by atoms with Gasteiger partial charge in [0.25, 0.3) is 0 Å². The SMILES string of the molecule is CCC1(NC)CC(=O)C(NC)C(CC)(NC)N1[O-]. The maximum absolute atomic E-state index is 12.8. The minimum Gasteiger partial charge on any atom is -0.783 e. The molecule has 0 amide bonds. The fourth-order valence-electron chi connectivity index (χ4n) is 3.03. The Bertz CT molecular complexity index is 300. The van der Waals surface area contributed by atoms with Gasteiger partial charge in [-0.05, 0) is 34.0 Å². The number of ketones is 1. The molecule has 6 nitrogen and oxygen atoms in total. The van der Waals surface area contributed by atoms with Crippen molar-refractivity contribution in [2.75, 3.05) is 21.1 Å². The lowest BCUT2D eigenvalue weighted by molar-refractivity contribution is -0.144. The summed E-state index contributed by atoms with van der Waals surface area (Å²) >= 11 is 0. The van der Waals surface area contributed by atoms with Crippen LogP contribution in [0.15, 0.2) is 0 Å². The molecule has 1 saturated heterocycles. The van der Waals surface area contributed by atoms with Gasteiger partial charge >= 0.3 is 0 Å². The lowest BCUT2D eigenvalue weighted by Gasteiger charge is -2.64. The van der Waals surface area contributed by atoms with E-state index < -0.39 is 17.4 Å². The van der Waals surface area contributed by atoms with Crippen LogP contribution < -0.4 is 16.0 Å². The molecular formula is C12H25N4O2-. The number of nitrogens with one attached hydrogen (secondary N) is 3. The van der Waals surface area contributed by atoms with Gasteiger partial charge < -0.3 is 26.2 Å². The number of piperidine rings is 1. The van der Waals surface area contributed by atoms with E-state index in [0.717, 1.165) is 5.06 Å². The van der Waals surface area contributed by atoms with Crippen molar-refractivity contribution >= 4 is 5.78 Å². The topological polar surface area (TPSA) is 79.5 Å². The van der Waals surface area contributed by atoms with E-state index in [-0.39, 0.29) is 12.2 Å². The van der Waals surface area contributed by atoms with Gasteiger partial charge in [0.2, 0.25) is 0 Å². The van der Waals surface area contributed by atoms with Gasteiger partial charge in [0.05, 0.1) is 17.4 Å². The second-order valence-electron chi connectivity index (χ2n) is 4.82. The van der Waals surface area contributed by atoms with E-state index in [0.29, 0.717) is 12.8 Å². The molecular weight excluding hydrogens is 232 g/mol. The molecule has 3 N–H and O–H groups in total. The summed E-state index contributed by atoms with van der Waals surface area (Å²) in [6.07, 6.45) is 1.35. The summed E-state index contributed by atoms with van der Waals surface area (Å²) in [4.78, 5) is 12.3. The Morgan fingerprint density at radius 2 is 1.89 bits per heavy atom. The summed E-state index contributed by atoms with van der Waals surface area (Å²) < 4.78 is 0. The molecule has 0 aliphatic carbocycles. The van der Waals surface area contributed by atoms with Gasteiger partial charge in [-0.2, -0.15) is 0 Å². The number of likely N-dealkylation sites (N-methyl/N-ethyl adjacent to an activating group) is 2. The van der Waals surface area contributed by atoms with Gasteiger partial charge in [-0.25, -0.2) is 0 Å². The molecule has 6 heteroatoms. The first-order chi connectivity index (χ1) is 8.47. The molecule has 0 spiro atoms. The molecule has 0 radical (unpaired) electrons. The van der Waals surface area contributed by atoms with Gasteiger partial charge in [-0.15, -0.1) is 0 Å². The number of hydroxylamine groups is 2. The first-order valence-electron chi connectivity index (χ1n) is 6.53. The molecule has 1 fully saturated rings. The van der Waals surface area contributed by atoms with Crippen molar-refractivity contribution in [3.63, 3.8) is 0 Å². The van der Waals surface area contributed by atoms with E-state index in [9.17, 15) is 10.0 Å². The van der Waals surface area contributed by atoms with E-state index >= 15 is 0 Å². The molecule has 0 aromatic rings. The Labute approximate surface area is 109 Å². The number of Topliss-reactive ketones (excluding diaryl/α,β-unsaturated/α-hetero) is 1. The van der Waals surface area contributed by atoms with Gasteiger partial charge in [0.1, 0.15) is 0 Å². The van der Waals surface area contributed by atoms with E-state index in [1.165, 1.54) is 0 Å². The summed E-state index contributed by atoms with van der Waals surface area (Å²) in [7, 11) is 5.18. The lowest BCUT2D eigenvalue weighted by atomic mass is 9.80. The van der Waals surface area contributed by atoms with E-state index in [1.54, 1.807) is 21.1 Å². The van der Waals surface area contributed by atoms with Crippen molar-refractivity contribution in [1.82, 2.24) is 21.0 Å². The third kappa shape index (κ3) is 1.98. The van der Waals surface area contributed by atoms with Gasteiger partial charge in [-0.1, -0.05) is 13.8 Å². The van der Waals surface area contributed by atoms with Crippen LogP contribution >= 0.6 is 0 Å². The summed E-state index contributed by atoms with van der Waals surface area (Å²) in [5, 5.41) is 22.9. The summed E-state index contributed by atoms with van der Waals surface area (Å²) in [5.41, 5.74) is -1.72. The van der Waals surface area contributed by atoms with Gasteiger partial charge in [-0.3, -0.25) is 4.79 Å². The van der Waals surface area contributed by atoms with Gasteiger partial charge in [0, 0.05) is 6.42 Å². The van der Waals surface area contributed by atoms with Crippen molar-refractivity contribution in [2.45, 2.75) is 50.5 Å². The van der Waals surface area contributed by atoms with Crippen LogP contribution in [-0.4, -0.2) is 49.4 Å². The third-order valence-corrected chi connectivity index (χ3v) is 4.33. The fraction of sp³-hybridized carbons (Fsp3) is 0.917. The third-order valence-electron chi connectivity index (χ3n) is 4.33. The average molecular weight is 257 g/mol. The van der Waals surface area contributed by atoms with Crippen molar-refractivity contribution in [3.8, 4) is 0 Å². The zero-order valence-corrected chi connectivity index (χ0v) is 12.0. The Balaban J connectivity index is 3.28. The first-order valence-corrected chi connectivity index (χ1v) is 6.53. The highest BCUT2D eigenvalue weighted by Crippen LogP contribution is 2.36. The first kappa shape index (κ1) is 15.5. The van der Waals surface area contributed by atoms with Gasteiger partial charge in [0.15, 0.2) is 5.78 Å². The number of hydrogen-bond acceptors (Lipinski definition) is 6. The van der Waals surface area contributed by atoms with Crippen LogP contribution in [0.4, 0.5) is 0 Å². The molecule has 18 heavy (non-hydrogen) atoms. The van der Waals surface area contributed by atoms with Crippen LogP contribution in [0.2, 0.25) is 0 Å². The fourth-order valence-corrected chi connectivity index (χ4v) is 3.03. The molecule has 3 atom stereocenters. The number of rotatable bonds is 5. The smallest absolute Gasteiger partial charge is 0.156 e. The quantitative estimate of drug-likeness (QED) is 0.643. The highest BCUT2D eigenvalue weighted by molar-refractivity contribution is 5.87. The normalized spacial score (nSPS) is 38.1. The molecule has 0 bridgehead atoms. The average Bonchev–Trinajstić information content (AvgIpc) is 2.40. The van der Waals surface area contributed by atoms with Crippen LogP contribution in [0.25, 0.3) is 0 Å². The second kappa shape index (κ2) is 5.63. The lowest BCUT2D eigenvalue weighted by Crippen LogP contribution is -2.79. The number of nitrogens with zero attached hydrogens (tertiary/aromatic N) is 1. The van der Waals surface area contributed by atoms with Crippen molar-refractivity contribution < 1.29 is 4.79 Å². The maximum Gasteiger partial charge on any atom is 0.156 e. The standard InChI is InChI=1S/C12H25N4O2/c1-6-11(14-4)8-9(17)10(13-3)12(7-2,15-5)16(11)18/h10,13-15H,6-8H2,1-5H3/q-1. The Morgan fingerprint density at radius 3 is 2.22 bits per heavy atom. The molecule has 106 valence electrons. The number of carbonyl (C=O) groups is 1. The number of hydrogen-bond donors (Lipinski definition) is 3. The largest absolute Gasteiger partial charge is 0.783 e. The molecule has 1 aliphatic rings. The zero-order chi connectivity index (χ0) is 14.0. The Kier molecular flexibility index (Phi) is 4.85. The monoisotopic (exact) mass is 257 g/mol. The molecule has 0 aromatic heterocycles. The highest BCUT2D eigenvalue weighted by atomic mass is 16.5. The van der Waals surface area contributed by atoms with Crippen LogP contribution in [0, 0.1) is 5.21 Å². The molecule has 0 aromatic carbocycles. The predicted octanol–water partition coefficient (Wildman–Crippen LogP) is -0.00160. The van der Waals surface area contributed by atoms with Crippen LogP contribution in [0.5, 0.6) is 0 Å². The van der Waals surface area contributed by atoms with Crippen LogP contribution in [0.1, 0.15) is 33.1 Å². The molecule has 0 saturated carbocycles.